The first-order chi connectivity index (χ1) is 12.5. The molecule has 1 aliphatic rings. The molecule has 0 spiro atoms. The third-order valence-electron chi connectivity index (χ3n) is 4.34. The second-order valence-electron chi connectivity index (χ2n) is 6.06. The van der Waals surface area contributed by atoms with Crippen molar-refractivity contribution in [3.05, 3.63) is 58.1 Å². The molecule has 0 saturated heterocycles. The molecular weight excluding hydrogens is 398 g/mol. The van der Waals surface area contributed by atoms with Gasteiger partial charge in [0, 0.05) is 21.3 Å². The molecule has 3 aromatic rings. The summed E-state index contributed by atoms with van der Waals surface area (Å²) < 4.78 is 0.857. The predicted molar refractivity (Wildman–Crippen MR) is 98.8 cm³/mol. The number of carbonyl (C=O) groups excluding carboxylic acids is 2. The zero-order valence-electron chi connectivity index (χ0n) is 13.8. The fraction of sp³-hybridized carbons (Fsp3) is 0.167. The molecule has 2 aromatic carbocycles. The third-order valence-corrected chi connectivity index (χ3v) is 5.04. The Hall–Kier alpha value is -2.87. The number of aromatic nitrogens is 4. The smallest absolute Gasteiger partial charge is 0.231 e. The highest BCUT2D eigenvalue weighted by atomic mass is 79.9. The lowest BCUT2D eigenvalue weighted by molar-refractivity contribution is -0.116. The van der Waals surface area contributed by atoms with Gasteiger partial charge in [-0.2, -0.15) is 4.80 Å². The summed E-state index contributed by atoms with van der Waals surface area (Å²) in [5, 5.41) is 15.1. The molecule has 0 unspecified atom stereocenters. The summed E-state index contributed by atoms with van der Waals surface area (Å²) in [6, 6.07) is 12.8. The number of benzene rings is 2. The van der Waals surface area contributed by atoms with Crippen LogP contribution in [0.15, 0.2) is 46.9 Å². The van der Waals surface area contributed by atoms with Gasteiger partial charge in [0.25, 0.3) is 0 Å². The number of nitrogens with zero attached hydrogens (tertiary/aromatic N) is 4. The van der Waals surface area contributed by atoms with Crippen molar-refractivity contribution in [1.29, 1.82) is 0 Å². The zero-order valence-corrected chi connectivity index (χ0v) is 15.4. The Kier molecular flexibility index (Phi) is 4.12. The Morgan fingerprint density at radius 3 is 2.88 bits per heavy atom. The highest BCUT2D eigenvalue weighted by Gasteiger charge is 2.27. The van der Waals surface area contributed by atoms with Gasteiger partial charge < -0.3 is 5.32 Å². The topological polar surface area (TPSA) is 89.8 Å². The largest absolute Gasteiger partial charge is 0.325 e. The summed E-state index contributed by atoms with van der Waals surface area (Å²) in [6.45, 7) is 1.80. The fourth-order valence-corrected chi connectivity index (χ4v) is 3.33. The van der Waals surface area contributed by atoms with Crippen molar-refractivity contribution < 1.29 is 9.59 Å². The molecule has 7 nitrogen and oxygen atoms in total. The van der Waals surface area contributed by atoms with E-state index in [1.54, 1.807) is 18.2 Å². The highest BCUT2D eigenvalue weighted by molar-refractivity contribution is 9.10. The Morgan fingerprint density at radius 1 is 1.27 bits per heavy atom. The van der Waals surface area contributed by atoms with E-state index in [4.69, 9.17) is 0 Å². The number of rotatable bonds is 4. The summed E-state index contributed by atoms with van der Waals surface area (Å²) in [7, 11) is 0. The van der Waals surface area contributed by atoms with Crippen molar-refractivity contribution in [1.82, 2.24) is 20.2 Å². The summed E-state index contributed by atoms with van der Waals surface area (Å²) in [4.78, 5) is 25.6. The van der Waals surface area contributed by atoms with Gasteiger partial charge in [0.2, 0.25) is 11.7 Å². The average Bonchev–Trinajstić information content (AvgIpc) is 3.20. The molecule has 130 valence electrons. The van der Waals surface area contributed by atoms with E-state index in [1.807, 2.05) is 31.2 Å². The maximum absolute atomic E-state index is 12.6. The Bertz CT molecular complexity index is 1030. The van der Waals surface area contributed by atoms with Crippen molar-refractivity contribution in [2.45, 2.75) is 19.4 Å². The van der Waals surface area contributed by atoms with Crippen LogP contribution >= 0.6 is 15.9 Å². The van der Waals surface area contributed by atoms with Crippen molar-refractivity contribution in [2.24, 2.45) is 0 Å². The van der Waals surface area contributed by atoms with Crippen molar-refractivity contribution in [3.63, 3.8) is 0 Å². The summed E-state index contributed by atoms with van der Waals surface area (Å²) >= 11 is 3.45. The van der Waals surface area contributed by atoms with Gasteiger partial charge in [0.05, 0.1) is 5.92 Å². The number of ketones is 1. The minimum Gasteiger partial charge on any atom is -0.325 e. The number of anilines is 1. The van der Waals surface area contributed by atoms with E-state index in [0.717, 1.165) is 21.3 Å². The SMILES string of the molecule is C[C@@H]1C(=O)Nc2ccc(C(=O)Cn3nnc(-c4ccccc4Br)n3)cc21. The standard InChI is InChI=1S/C18H14BrN5O2/c1-10-13-8-11(6-7-15(13)20-18(10)26)16(25)9-24-22-17(21-23-24)12-4-2-3-5-14(12)19/h2-8,10H,9H2,1H3,(H,20,26)/t10-/m0/s1. The lowest BCUT2D eigenvalue weighted by Gasteiger charge is -2.05. The molecule has 2 heterocycles. The van der Waals surface area contributed by atoms with Crippen LogP contribution in [0.2, 0.25) is 0 Å². The summed E-state index contributed by atoms with van der Waals surface area (Å²) in [6.07, 6.45) is 0. The Balaban J connectivity index is 1.55. The summed E-state index contributed by atoms with van der Waals surface area (Å²) in [5.41, 5.74) is 2.92. The number of amides is 1. The first-order valence-electron chi connectivity index (χ1n) is 8.03. The first-order valence-corrected chi connectivity index (χ1v) is 8.83. The minimum absolute atomic E-state index is 0.0218. The Labute approximate surface area is 157 Å². The number of Topliss-reactive ketones (excluding diaryl/α,β-unsaturated/α-hetero) is 1. The molecular formula is C18H14BrN5O2. The zero-order chi connectivity index (χ0) is 18.3. The molecule has 0 fully saturated rings. The van der Waals surface area contributed by atoms with Gasteiger partial charge in [-0.05, 0) is 48.0 Å². The van der Waals surface area contributed by atoms with Gasteiger partial charge in [0.15, 0.2) is 5.78 Å². The second kappa shape index (κ2) is 6.45. The van der Waals surface area contributed by atoms with E-state index in [9.17, 15) is 9.59 Å². The van der Waals surface area contributed by atoms with Gasteiger partial charge in [-0.3, -0.25) is 9.59 Å². The number of nitrogens with one attached hydrogen (secondary N) is 1. The second-order valence-corrected chi connectivity index (χ2v) is 6.91. The molecule has 1 aromatic heterocycles. The maximum atomic E-state index is 12.6. The predicted octanol–water partition coefficient (Wildman–Crippen LogP) is 3.04. The van der Waals surface area contributed by atoms with Gasteiger partial charge in [-0.1, -0.05) is 28.1 Å². The molecule has 1 amide bonds. The van der Waals surface area contributed by atoms with Crippen LogP contribution in [0.5, 0.6) is 0 Å². The van der Waals surface area contributed by atoms with Crippen LogP contribution in [0.1, 0.15) is 28.8 Å². The van der Waals surface area contributed by atoms with E-state index in [1.165, 1.54) is 4.80 Å². The van der Waals surface area contributed by atoms with E-state index in [2.05, 4.69) is 36.7 Å². The van der Waals surface area contributed by atoms with Crippen LogP contribution in [-0.2, 0) is 11.3 Å². The number of hydrogen-bond acceptors (Lipinski definition) is 5. The first kappa shape index (κ1) is 16.6. The quantitative estimate of drug-likeness (QED) is 0.666. The van der Waals surface area contributed by atoms with Gasteiger partial charge in [-0.15, -0.1) is 10.2 Å². The van der Waals surface area contributed by atoms with Crippen LogP contribution in [0.25, 0.3) is 11.4 Å². The molecule has 1 atom stereocenters. The average molecular weight is 412 g/mol. The van der Waals surface area contributed by atoms with Crippen LogP contribution in [0.3, 0.4) is 0 Å². The maximum Gasteiger partial charge on any atom is 0.231 e. The lowest BCUT2D eigenvalue weighted by Crippen LogP contribution is -2.13. The number of halogens is 1. The number of carbonyl (C=O) groups is 2. The van der Waals surface area contributed by atoms with Crippen LogP contribution in [-0.4, -0.2) is 31.9 Å². The number of fused-ring (bicyclic) bond motifs is 1. The van der Waals surface area contributed by atoms with E-state index in [-0.39, 0.29) is 24.2 Å². The number of tetrazole rings is 1. The summed E-state index contributed by atoms with van der Waals surface area (Å²) in [5.74, 6) is -0.0111. The van der Waals surface area contributed by atoms with Crippen molar-refractivity contribution >= 4 is 33.3 Å². The van der Waals surface area contributed by atoms with Crippen LogP contribution < -0.4 is 5.32 Å². The van der Waals surface area contributed by atoms with E-state index < -0.39 is 0 Å². The molecule has 26 heavy (non-hydrogen) atoms. The minimum atomic E-state index is -0.260. The molecule has 4 rings (SSSR count). The van der Waals surface area contributed by atoms with Crippen molar-refractivity contribution in [2.75, 3.05) is 5.32 Å². The van der Waals surface area contributed by atoms with Gasteiger partial charge in [0.1, 0.15) is 6.54 Å². The van der Waals surface area contributed by atoms with Gasteiger partial charge >= 0.3 is 0 Å². The Morgan fingerprint density at radius 2 is 2.08 bits per heavy atom. The van der Waals surface area contributed by atoms with E-state index >= 15 is 0 Å². The van der Waals surface area contributed by atoms with Gasteiger partial charge in [-0.25, -0.2) is 0 Å². The third kappa shape index (κ3) is 2.92. The monoisotopic (exact) mass is 411 g/mol. The molecule has 0 bridgehead atoms. The lowest BCUT2D eigenvalue weighted by atomic mass is 9.99. The fourth-order valence-electron chi connectivity index (χ4n) is 2.87. The van der Waals surface area contributed by atoms with Crippen LogP contribution in [0.4, 0.5) is 5.69 Å². The highest BCUT2D eigenvalue weighted by Crippen LogP contribution is 2.32. The normalized spacial score (nSPS) is 15.6. The number of hydrogen-bond donors (Lipinski definition) is 1. The molecule has 0 saturated carbocycles. The molecule has 0 radical (unpaired) electrons. The van der Waals surface area contributed by atoms with Crippen LogP contribution in [0, 0.1) is 0 Å². The van der Waals surface area contributed by atoms with Crippen molar-refractivity contribution in [3.8, 4) is 11.4 Å². The van der Waals surface area contributed by atoms with E-state index in [0.29, 0.717) is 11.4 Å². The molecule has 1 aliphatic heterocycles. The molecule has 8 heteroatoms. The molecule has 0 aliphatic carbocycles. The molecule has 1 N–H and O–H groups in total.